The standard InChI is InChI=1S/C23H29NO3/c1-8-18-19(10-9-11-20(18)27-7)22(26)24(23(4,5)6)21(25)17-13-15(2)12-16(3)14-17/h9-14H,8H2,1-7H3. The monoisotopic (exact) mass is 367 g/mol. The number of ether oxygens (including phenoxy) is 1. The van der Waals surface area contributed by atoms with E-state index in [-0.39, 0.29) is 11.8 Å². The molecule has 0 aliphatic carbocycles. The van der Waals surface area contributed by atoms with Gasteiger partial charge in [0.25, 0.3) is 11.8 Å². The molecule has 0 fully saturated rings. The number of amides is 2. The minimum absolute atomic E-state index is 0.288. The van der Waals surface area contributed by atoms with Gasteiger partial charge in [-0.15, -0.1) is 0 Å². The van der Waals surface area contributed by atoms with Gasteiger partial charge in [0.2, 0.25) is 0 Å². The molecule has 0 aliphatic rings. The lowest BCUT2D eigenvalue weighted by molar-refractivity contribution is 0.0465. The Morgan fingerprint density at radius 3 is 2.07 bits per heavy atom. The maximum absolute atomic E-state index is 13.5. The zero-order valence-electron chi connectivity index (χ0n) is 17.3. The first-order chi connectivity index (χ1) is 12.6. The average molecular weight is 367 g/mol. The number of benzene rings is 2. The van der Waals surface area contributed by atoms with Crippen LogP contribution in [0.3, 0.4) is 0 Å². The molecule has 0 saturated heterocycles. The zero-order valence-corrected chi connectivity index (χ0v) is 17.3. The number of hydrogen-bond donors (Lipinski definition) is 0. The molecule has 2 amide bonds. The van der Waals surface area contributed by atoms with Crippen molar-refractivity contribution in [3.63, 3.8) is 0 Å². The first kappa shape index (κ1) is 20.7. The number of hydrogen-bond acceptors (Lipinski definition) is 3. The van der Waals surface area contributed by atoms with Gasteiger partial charge in [0.05, 0.1) is 7.11 Å². The summed E-state index contributed by atoms with van der Waals surface area (Å²) in [5.74, 6) is 0.0719. The van der Waals surface area contributed by atoms with Gasteiger partial charge >= 0.3 is 0 Å². The normalized spacial score (nSPS) is 11.2. The molecule has 2 rings (SSSR count). The van der Waals surface area contributed by atoms with Gasteiger partial charge in [-0.25, -0.2) is 0 Å². The average Bonchev–Trinajstić information content (AvgIpc) is 2.58. The number of carbonyl (C=O) groups excluding carboxylic acids is 2. The molecule has 0 unspecified atom stereocenters. The van der Waals surface area contributed by atoms with Crippen LogP contribution in [-0.2, 0) is 6.42 Å². The van der Waals surface area contributed by atoms with Crippen LogP contribution in [0, 0.1) is 13.8 Å². The molecule has 4 heteroatoms. The third-order valence-electron chi connectivity index (χ3n) is 4.48. The van der Waals surface area contributed by atoms with Crippen molar-refractivity contribution < 1.29 is 14.3 Å². The number of methoxy groups -OCH3 is 1. The van der Waals surface area contributed by atoms with Gasteiger partial charge in [0.15, 0.2) is 0 Å². The molecule has 2 aromatic carbocycles. The Kier molecular flexibility index (Phi) is 6.09. The second-order valence-electron chi connectivity index (χ2n) is 7.83. The Bertz CT molecular complexity index is 842. The summed E-state index contributed by atoms with van der Waals surface area (Å²) < 4.78 is 5.41. The van der Waals surface area contributed by atoms with Gasteiger partial charge < -0.3 is 4.74 Å². The van der Waals surface area contributed by atoms with Crippen molar-refractivity contribution in [3.8, 4) is 5.75 Å². The third kappa shape index (κ3) is 4.38. The van der Waals surface area contributed by atoms with Crippen molar-refractivity contribution in [2.45, 2.75) is 53.5 Å². The van der Waals surface area contributed by atoms with Crippen LogP contribution < -0.4 is 4.74 Å². The fourth-order valence-corrected chi connectivity index (χ4v) is 3.37. The topological polar surface area (TPSA) is 46.6 Å². The van der Waals surface area contributed by atoms with Crippen LogP contribution >= 0.6 is 0 Å². The number of nitrogens with zero attached hydrogens (tertiary/aromatic N) is 1. The van der Waals surface area contributed by atoms with Gasteiger partial charge in [0.1, 0.15) is 5.75 Å². The van der Waals surface area contributed by atoms with E-state index in [1.165, 1.54) is 4.90 Å². The van der Waals surface area contributed by atoms with Crippen molar-refractivity contribution >= 4 is 11.8 Å². The number of rotatable bonds is 4. The van der Waals surface area contributed by atoms with E-state index in [1.807, 2.05) is 65.8 Å². The highest BCUT2D eigenvalue weighted by Gasteiger charge is 2.35. The molecular weight excluding hydrogens is 338 g/mol. The summed E-state index contributed by atoms with van der Waals surface area (Å²) >= 11 is 0. The molecule has 0 atom stereocenters. The lowest BCUT2D eigenvalue weighted by Gasteiger charge is -2.34. The molecule has 0 heterocycles. The Morgan fingerprint density at radius 1 is 1.00 bits per heavy atom. The van der Waals surface area contributed by atoms with E-state index in [4.69, 9.17) is 4.74 Å². The van der Waals surface area contributed by atoms with Gasteiger partial charge in [-0.05, 0) is 65.3 Å². The van der Waals surface area contributed by atoms with E-state index < -0.39 is 5.54 Å². The zero-order chi connectivity index (χ0) is 20.4. The van der Waals surface area contributed by atoms with E-state index >= 15 is 0 Å². The Labute approximate surface area is 162 Å². The molecule has 27 heavy (non-hydrogen) atoms. The Morgan fingerprint density at radius 2 is 1.59 bits per heavy atom. The summed E-state index contributed by atoms with van der Waals surface area (Å²) in [6.07, 6.45) is 0.640. The smallest absolute Gasteiger partial charge is 0.261 e. The second kappa shape index (κ2) is 7.95. The number of imide groups is 1. The predicted octanol–water partition coefficient (Wildman–Crippen LogP) is 4.96. The van der Waals surface area contributed by atoms with Crippen LogP contribution in [0.5, 0.6) is 5.75 Å². The van der Waals surface area contributed by atoms with Gasteiger partial charge in [-0.3, -0.25) is 14.5 Å². The summed E-state index contributed by atoms with van der Waals surface area (Å²) in [5, 5.41) is 0. The molecule has 4 nitrogen and oxygen atoms in total. The summed E-state index contributed by atoms with van der Waals surface area (Å²) in [6, 6.07) is 11.0. The molecule has 2 aromatic rings. The molecule has 0 radical (unpaired) electrons. The highest BCUT2D eigenvalue weighted by molar-refractivity contribution is 6.11. The molecule has 144 valence electrons. The summed E-state index contributed by atoms with van der Waals surface area (Å²) in [4.78, 5) is 28.2. The summed E-state index contributed by atoms with van der Waals surface area (Å²) in [5.41, 5.74) is 3.17. The highest BCUT2D eigenvalue weighted by Crippen LogP contribution is 2.28. The molecular formula is C23H29NO3. The lowest BCUT2D eigenvalue weighted by atomic mass is 9.97. The van der Waals surface area contributed by atoms with Crippen molar-refractivity contribution in [2.24, 2.45) is 0 Å². The Hall–Kier alpha value is -2.62. The van der Waals surface area contributed by atoms with Crippen LogP contribution in [0.15, 0.2) is 36.4 Å². The van der Waals surface area contributed by atoms with Crippen LogP contribution in [0.25, 0.3) is 0 Å². The molecule has 0 spiro atoms. The molecule has 0 aromatic heterocycles. The fraction of sp³-hybridized carbons (Fsp3) is 0.391. The minimum Gasteiger partial charge on any atom is -0.496 e. The van der Waals surface area contributed by atoms with Crippen molar-refractivity contribution in [1.82, 2.24) is 4.90 Å². The van der Waals surface area contributed by atoms with Gasteiger partial charge in [-0.2, -0.15) is 0 Å². The van der Waals surface area contributed by atoms with E-state index in [9.17, 15) is 9.59 Å². The van der Waals surface area contributed by atoms with Crippen LogP contribution in [-0.4, -0.2) is 29.4 Å². The largest absolute Gasteiger partial charge is 0.496 e. The van der Waals surface area contributed by atoms with E-state index in [0.29, 0.717) is 23.3 Å². The molecule has 0 aliphatic heterocycles. The Balaban J connectivity index is 2.58. The van der Waals surface area contributed by atoms with E-state index in [1.54, 1.807) is 19.2 Å². The number of carbonyl (C=O) groups is 2. The van der Waals surface area contributed by atoms with Crippen molar-refractivity contribution in [2.75, 3.05) is 7.11 Å². The van der Waals surface area contributed by atoms with Gasteiger partial charge in [0, 0.05) is 22.2 Å². The van der Waals surface area contributed by atoms with E-state index in [0.717, 1.165) is 16.7 Å². The van der Waals surface area contributed by atoms with Crippen molar-refractivity contribution in [3.05, 3.63) is 64.2 Å². The summed E-state index contributed by atoms with van der Waals surface area (Å²) in [7, 11) is 1.59. The van der Waals surface area contributed by atoms with Crippen LogP contribution in [0.4, 0.5) is 0 Å². The first-order valence-electron chi connectivity index (χ1n) is 9.23. The molecule has 0 bridgehead atoms. The quantitative estimate of drug-likeness (QED) is 0.718. The van der Waals surface area contributed by atoms with E-state index in [2.05, 4.69) is 0 Å². The molecule has 0 saturated carbocycles. The predicted molar refractivity (Wildman–Crippen MR) is 109 cm³/mol. The fourth-order valence-electron chi connectivity index (χ4n) is 3.37. The molecule has 0 N–H and O–H groups in total. The first-order valence-corrected chi connectivity index (χ1v) is 9.23. The summed E-state index contributed by atoms with van der Waals surface area (Å²) in [6.45, 7) is 11.5. The van der Waals surface area contributed by atoms with Crippen LogP contribution in [0.1, 0.15) is 65.1 Å². The van der Waals surface area contributed by atoms with Crippen molar-refractivity contribution in [1.29, 1.82) is 0 Å². The lowest BCUT2D eigenvalue weighted by Crippen LogP contribution is -2.49. The third-order valence-corrected chi connectivity index (χ3v) is 4.48. The van der Waals surface area contributed by atoms with Gasteiger partial charge in [-0.1, -0.05) is 30.2 Å². The minimum atomic E-state index is -0.667. The maximum atomic E-state index is 13.5. The SMILES string of the molecule is CCc1c(OC)cccc1C(=O)N(C(=O)c1cc(C)cc(C)c1)C(C)(C)C. The number of aryl methyl sites for hydroxylation is 2. The maximum Gasteiger partial charge on any atom is 0.261 e. The van der Waals surface area contributed by atoms with Crippen LogP contribution in [0.2, 0.25) is 0 Å². The second-order valence-corrected chi connectivity index (χ2v) is 7.83. The highest BCUT2D eigenvalue weighted by atomic mass is 16.5.